The first kappa shape index (κ1) is 63.6. The predicted molar refractivity (Wildman–Crippen MR) is 316 cm³/mol. The number of halogens is 1. The number of unbranched alkanes of at least 4 members (excludes halogenated alkanes) is 4. The molecule has 0 aliphatic heterocycles. The van der Waals surface area contributed by atoms with Crippen LogP contribution < -0.4 is 10.6 Å². The summed E-state index contributed by atoms with van der Waals surface area (Å²) in [6.45, 7) is 37.5. The monoisotopic (exact) mass is 955 g/mol. The zero-order chi connectivity index (χ0) is 51.7. The average molecular weight is 956 g/mol. The summed E-state index contributed by atoms with van der Waals surface area (Å²) in [5.41, 5.74) is 9.38. The summed E-state index contributed by atoms with van der Waals surface area (Å²) in [5, 5.41) is 7.47. The molecule has 1 atom stereocenters. The second-order valence-electron chi connectivity index (χ2n) is 15.4. The van der Waals surface area contributed by atoms with Gasteiger partial charge in [0.15, 0.2) is 0 Å². The highest BCUT2D eigenvalue weighted by atomic mass is 35.5. The number of nitrogens with one attached hydrogen (secondary N) is 4. The fourth-order valence-corrected chi connectivity index (χ4v) is 8.18. The van der Waals surface area contributed by atoms with Crippen LogP contribution in [-0.2, 0) is 25.7 Å². The summed E-state index contributed by atoms with van der Waals surface area (Å²) >= 11 is 5.76. The smallest absolute Gasteiger partial charge is 0.0456 e. The number of aromatic amines is 4. The third kappa shape index (κ3) is 22.7. The largest absolute Gasteiger partial charge is 0.361 e. The average Bonchev–Trinajstić information content (AvgIpc) is 4.25. The molecule has 3 aromatic carbocycles. The summed E-state index contributed by atoms with van der Waals surface area (Å²) in [7, 11) is 0. The van der Waals surface area contributed by atoms with Gasteiger partial charge in [-0.1, -0.05) is 192 Å². The van der Waals surface area contributed by atoms with E-state index in [0.717, 1.165) is 50.0 Å². The van der Waals surface area contributed by atoms with Crippen molar-refractivity contribution in [1.29, 1.82) is 0 Å². The highest BCUT2D eigenvalue weighted by Crippen LogP contribution is 2.24. The standard InChI is InChI=1S/C28H34N2.C12H14ClN.C12H13N.5C2H6.C2H4/c1-2-22(18-19-24-21-30-28-17-11-9-15-26(24)28)12-6-4-3-5-7-13-23-20-29-27-16-10-8-14-25(23)27;1-9(13)6-7-10-8-14-12-5-3-2-4-11(10)12;1-2-3-6-10-9-13-12-8-5-4-7-11(10)12;6*1-2/h2,8-11,14-17,20-22,29-30H,1,3-7,12-13,18-19H2;4-5,8,14H,1-3,6-7H2;2,4-5,7-9,13H,1,3,6H2;5*1-2H3;1-2H2. The summed E-state index contributed by atoms with van der Waals surface area (Å²) in [6, 6.07) is 25.6. The van der Waals surface area contributed by atoms with Gasteiger partial charge in [0, 0.05) is 67.9 Å². The molecule has 5 heteroatoms. The Morgan fingerprint density at radius 3 is 1.45 bits per heavy atom. The Morgan fingerprint density at radius 1 is 0.522 bits per heavy atom. The van der Waals surface area contributed by atoms with E-state index >= 15 is 0 Å². The van der Waals surface area contributed by atoms with Crippen molar-refractivity contribution in [2.45, 2.75) is 166 Å². The number of hydrogen-bond acceptors (Lipinski definition) is 0. The Hall–Kier alpha value is -5.45. The fourth-order valence-electron chi connectivity index (χ4n) is 8.08. The number of allylic oxidation sites excluding steroid dienone is 3. The molecule has 4 aromatic heterocycles. The Labute approximate surface area is 426 Å². The number of rotatable bonds is 18. The van der Waals surface area contributed by atoms with E-state index in [-0.39, 0.29) is 0 Å². The summed E-state index contributed by atoms with van der Waals surface area (Å²) < 4.78 is 0. The normalized spacial score (nSPS) is 10.8. The molecule has 1 unspecified atom stereocenters. The summed E-state index contributed by atoms with van der Waals surface area (Å²) in [4.78, 5) is 13.3. The molecule has 378 valence electrons. The molecule has 0 bridgehead atoms. The van der Waals surface area contributed by atoms with Crippen molar-refractivity contribution in [3.8, 4) is 0 Å². The van der Waals surface area contributed by atoms with Crippen LogP contribution in [0, 0.1) is 5.92 Å². The first-order chi connectivity index (χ1) is 34.0. The third-order valence-corrected chi connectivity index (χ3v) is 11.5. The van der Waals surface area contributed by atoms with Gasteiger partial charge in [-0.15, -0.1) is 26.3 Å². The Morgan fingerprint density at radius 2 is 0.957 bits per heavy atom. The van der Waals surface area contributed by atoms with E-state index in [0.29, 0.717) is 5.92 Å². The van der Waals surface area contributed by atoms with E-state index in [9.17, 15) is 0 Å². The Bertz CT molecular complexity index is 2470. The molecule has 0 amide bonds. The number of aryl methyl sites for hydroxylation is 4. The van der Waals surface area contributed by atoms with Gasteiger partial charge in [0.25, 0.3) is 0 Å². The molecule has 0 spiro atoms. The fraction of sp³-hybridized carbons (Fsp3) is 0.406. The van der Waals surface area contributed by atoms with Crippen molar-refractivity contribution in [2.75, 3.05) is 0 Å². The minimum absolute atomic E-state index is 0.630. The van der Waals surface area contributed by atoms with Crippen molar-refractivity contribution < 1.29 is 0 Å². The van der Waals surface area contributed by atoms with Gasteiger partial charge >= 0.3 is 0 Å². The lowest BCUT2D eigenvalue weighted by molar-refractivity contribution is 0.496. The van der Waals surface area contributed by atoms with E-state index in [4.69, 9.17) is 11.6 Å². The van der Waals surface area contributed by atoms with E-state index < -0.39 is 0 Å². The van der Waals surface area contributed by atoms with Crippen LogP contribution in [0.15, 0.2) is 148 Å². The molecule has 0 radical (unpaired) electrons. The number of aromatic nitrogens is 4. The minimum Gasteiger partial charge on any atom is -0.361 e. The van der Waals surface area contributed by atoms with E-state index in [2.05, 4.69) is 169 Å². The molecule has 4 N–H and O–H groups in total. The van der Waals surface area contributed by atoms with Crippen molar-refractivity contribution in [3.63, 3.8) is 0 Å². The molecule has 0 fully saturated rings. The molecule has 4 nitrogen and oxygen atoms in total. The zero-order valence-electron chi connectivity index (χ0n) is 45.1. The van der Waals surface area contributed by atoms with Crippen molar-refractivity contribution in [1.82, 2.24) is 19.9 Å². The molecule has 4 heterocycles. The maximum Gasteiger partial charge on any atom is 0.0456 e. The highest BCUT2D eigenvalue weighted by Gasteiger charge is 2.09. The predicted octanol–water partition coefficient (Wildman–Crippen LogP) is 19.2. The van der Waals surface area contributed by atoms with Crippen molar-refractivity contribution in [3.05, 3.63) is 180 Å². The van der Waals surface area contributed by atoms with Gasteiger partial charge in [0.1, 0.15) is 0 Å². The van der Waals surface area contributed by atoms with Crippen molar-refractivity contribution >= 4 is 56.5 Å². The van der Waals surface area contributed by atoms with Gasteiger partial charge in [-0.25, -0.2) is 0 Å². The second-order valence-corrected chi connectivity index (χ2v) is 15.9. The van der Waals surface area contributed by atoms with Crippen LogP contribution in [0.4, 0.5) is 0 Å². The highest BCUT2D eigenvalue weighted by molar-refractivity contribution is 6.29. The molecule has 8 rings (SSSR count). The van der Waals surface area contributed by atoms with Gasteiger partial charge in [0.2, 0.25) is 0 Å². The summed E-state index contributed by atoms with van der Waals surface area (Å²) in [5.74, 6) is 0.630. The van der Waals surface area contributed by atoms with Crippen LogP contribution >= 0.6 is 11.6 Å². The van der Waals surface area contributed by atoms with Gasteiger partial charge in [-0.3, -0.25) is 0 Å². The minimum atomic E-state index is 0.630. The quantitative estimate of drug-likeness (QED) is 0.0489. The lowest BCUT2D eigenvalue weighted by atomic mass is 9.93. The lowest BCUT2D eigenvalue weighted by Crippen LogP contribution is -2.26. The van der Waals surface area contributed by atoms with Crippen LogP contribution in [0.5, 0.6) is 0 Å². The molecular formula is C64H95ClN4. The maximum absolute atomic E-state index is 5.76. The molecule has 1 aliphatic rings. The molecular weight excluding hydrogens is 860 g/mol. The van der Waals surface area contributed by atoms with E-state index in [1.165, 1.54) is 117 Å². The number of para-hydroxylation sites is 3. The van der Waals surface area contributed by atoms with Crippen LogP contribution in [0.3, 0.4) is 0 Å². The molecule has 0 saturated heterocycles. The number of fused-ring (bicyclic) bond motifs is 4. The van der Waals surface area contributed by atoms with E-state index in [1.54, 1.807) is 0 Å². The molecule has 7 aromatic rings. The number of H-pyrrole nitrogens is 4. The molecule has 69 heavy (non-hydrogen) atoms. The van der Waals surface area contributed by atoms with E-state index in [1.807, 2.05) is 75.3 Å². The van der Waals surface area contributed by atoms with Gasteiger partial charge in [-0.2, -0.15) is 0 Å². The number of hydrogen-bond donors (Lipinski definition) is 4. The van der Waals surface area contributed by atoms with Crippen LogP contribution in [0.1, 0.15) is 162 Å². The number of benzene rings is 3. The van der Waals surface area contributed by atoms with Gasteiger partial charge in [0.05, 0.1) is 0 Å². The van der Waals surface area contributed by atoms with Crippen LogP contribution in [0.2, 0.25) is 0 Å². The van der Waals surface area contributed by atoms with Crippen LogP contribution in [0.25, 0.3) is 44.9 Å². The maximum atomic E-state index is 5.76. The SMILES string of the molecule is C=C.C=C(Cl)CCc1c[nH]c2c1=CCCC=2.C=CC(CCCCCCCc1c[nH]c2ccccc12)CCc1c[nH]c2ccccc12.C=CCCc1c[nH]c2ccccc12.CC.CC.CC.CC.CC. The topological polar surface area (TPSA) is 63.2 Å². The van der Waals surface area contributed by atoms with Gasteiger partial charge < -0.3 is 19.9 Å². The lowest BCUT2D eigenvalue weighted by Gasteiger charge is -2.12. The first-order valence-corrected chi connectivity index (χ1v) is 27.0. The van der Waals surface area contributed by atoms with Gasteiger partial charge in [-0.05, 0) is 122 Å². The Balaban J connectivity index is 0.000000992. The van der Waals surface area contributed by atoms with Crippen LogP contribution in [-0.4, -0.2) is 19.9 Å². The first-order valence-electron chi connectivity index (χ1n) is 26.6. The Kier molecular flexibility index (Phi) is 38.2. The summed E-state index contributed by atoms with van der Waals surface area (Å²) in [6.07, 6.45) is 34.9. The molecule has 1 aliphatic carbocycles. The molecule has 0 saturated carbocycles. The zero-order valence-corrected chi connectivity index (χ0v) is 45.9. The van der Waals surface area contributed by atoms with Crippen molar-refractivity contribution in [2.24, 2.45) is 5.92 Å². The second kappa shape index (κ2) is 41.5. The third-order valence-electron chi connectivity index (χ3n) is 11.3.